The summed E-state index contributed by atoms with van der Waals surface area (Å²) < 4.78 is 5.29. The number of hydrogen-bond acceptors (Lipinski definition) is 2. The first-order valence-corrected chi connectivity index (χ1v) is 4.40. The fraction of sp³-hybridized carbons (Fsp3) is 0.889. The number of Topliss-reactive ketones (excluding diaryl/α,β-unsaturated/α-hetero) is 1. The third-order valence-corrected chi connectivity index (χ3v) is 1.63. The van der Waals surface area contributed by atoms with Gasteiger partial charge >= 0.3 is 0 Å². The number of carbonyl (C=O) groups is 1. The molecule has 0 aromatic heterocycles. The van der Waals surface area contributed by atoms with E-state index in [4.69, 9.17) is 4.74 Å². The number of hydrogen-bond donors (Lipinski definition) is 0. The van der Waals surface area contributed by atoms with E-state index in [0.717, 1.165) is 12.8 Å². The van der Waals surface area contributed by atoms with E-state index in [2.05, 4.69) is 6.92 Å². The van der Waals surface area contributed by atoms with Crippen LogP contribution in [0.2, 0.25) is 0 Å². The van der Waals surface area contributed by atoms with E-state index in [0.29, 0.717) is 13.0 Å². The lowest BCUT2D eigenvalue weighted by Gasteiger charge is -2.13. The summed E-state index contributed by atoms with van der Waals surface area (Å²) in [5.41, 5.74) is 0. The molecule has 0 aliphatic rings. The minimum Gasteiger partial charge on any atom is -0.371 e. The van der Waals surface area contributed by atoms with Crippen LogP contribution in [0.4, 0.5) is 0 Å². The Morgan fingerprint density at radius 1 is 1.36 bits per heavy atom. The van der Waals surface area contributed by atoms with E-state index in [-0.39, 0.29) is 11.9 Å². The quantitative estimate of drug-likeness (QED) is 0.592. The van der Waals surface area contributed by atoms with Crippen molar-refractivity contribution in [3.05, 3.63) is 0 Å². The molecule has 0 bridgehead atoms. The molecule has 2 nitrogen and oxygen atoms in total. The molecule has 0 rings (SSSR count). The fourth-order valence-corrected chi connectivity index (χ4v) is 1.03. The van der Waals surface area contributed by atoms with E-state index in [1.54, 1.807) is 0 Å². The van der Waals surface area contributed by atoms with Gasteiger partial charge in [-0.05, 0) is 13.3 Å². The number of ketones is 1. The first-order chi connectivity index (χ1) is 5.26. The molecule has 0 aromatic carbocycles. The molecule has 0 saturated heterocycles. The molecule has 0 heterocycles. The zero-order valence-corrected chi connectivity index (χ0v) is 7.72. The summed E-state index contributed by atoms with van der Waals surface area (Å²) in [6.07, 6.45) is 2.32. The zero-order valence-electron chi connectivity index (χ0n) is 7.72. The van der Waals surface area contributed by atoms with E-state index >= 15 is 0 Å². The molecule has 2 heteroatoms. The highest BCUT2D eigenvalue weighted by molar-refractivity contribution is 5.82. The molecule has 1 unspecified atom stereocenters. The second-order valence-corrected chi connectivity index (χ2v) is 2.55. The van der Waals surface area contributed by atoms with Gasteiger partial charge in [0.25, 0.3) is 0 Å². The summed E-state index contributed by atoms with van der Waals surface area (Å²) in [5, 5.41) is 0. The molecule has 0 amide bonds. The van der Waals surface area contributed by atoms with Gasteiger partial charge in [0.2, 0.25) is 0 Å². The Bertz CT molecular complexity index is 104. The van der Waals surface area contributed by atoms with Crippen LogP contribution in [-0.4, -0.2) is 18.5 Å². The van der Waals surface area contributed by atoms with Gasteiger partial charge in [-0.1, -0.05) is 20.3 Å². The average molecular weight is 158 g/mol. The van der Waals surface area contributed by atoms with Crippen molar-refractivity contribution in [1.82, 2.24) is 0 Å². The van der Waals surface area contributed by atoms with Crippen molar-refractivity contribution in [2.45, 2.75) is 46.1 Å². The average Bonchev–Trinajstić information content (AvgIpc) is 2.03. The summed E-state index contributed by atoms with van der Waals surface area (Å²) in [6, 6.07) is 0. The Morgan fingerprint density at radius 2 is 2.00 bits per heavy atom. The third-order valence-electron chi connectivity index (χ3n) is 1.63. The topological polar surface area (TPSA) is 26.3 Å². The standard InChI is InChI=1S/C9H18O2/c1-4-7-9(11-6-3)8(10)5-2/h9H,4-7H2,1-3H3. The Kier molecular flexibility index (Phi) is 6.13. The van der Waals surface area contributed by atoms with Crippen LogP contribution in [0.3, 0.4) is 0 Å². The second kappa shape index (κ2) is 6.35. The first kappa shape index (κ1) is 10.6. The van der Waals surface area contributed by atoms with Crippen LogP contribution >= 0.6 is 0 Å². The highest BCUT2D eigenvalue weighted by atomic mass is 16.5. The van der Waals surface area contributed by atoms with Crippen LogP contribution in [0.15, 0.2) is 0 Å². The van der Waals surface area contributed by atoms with E-state index in [9.17, 15) is 4.79 Å². The molecule has 0 N–H and O–H groups in total. The van der Waals surface area contributed by atoms with Gasteiger partial charge < -0.3 is 4.74 Å². The zero-order chi connectivity index (χ0) is 8.69. The van der Waals surface area contributed by atoms with Crippen molar-refractivity contribution in [3.8, 4) is 0 Å². The van der Waals surface area contributed by atoms with E-state index in [1.165, 1.54) is 0 Å². The molecule has 0 saturated carbocycles. The Balaban J connectivity index is 3.76. The molecule has 0 aromatic rings. The van der Waals surface area contributed by atoms with Gasteiger partial charge in [0.05, 0.1) is 0 Å². The predicted molar refractivity (Wildman–Crippen MR) is 45.6 cm³/mol. The van der Waals surface area contributed by atoms with Crippen LogP contribution in [0.25, 0.3) is 0 Å². The van der Waals surface area contributed by atoms with Crippen molar-refractivity contribution in [1.29, 1.82) is 0 Å². The number of rotatable bonds is 6. The molecule has 11 heavy (non-hydrogen) atoms. The normalized spacial score (nSPS) is 13.0. The lowest BCUT2D eigenvalue weighted by molar-refractivity contribution is -0.130. The maximum absolute atomic E-state index is 11.2. The van der Waals surface area contributed by atoms with Crippen molar-refractivity contribution in [3.63, 3.8) is 0 Å². The van der Waals surface area contributed by atoms with Gasteiger partial charge in [-0.2, -0.15) is 0 Å². The van der Waals surface area contributed by atoms with Crippen LogP contribution in [0.5, 0.6) is 0 Å². The van der Waals surface area contributed by atoms with E-state index in [1.807, 2.05) is 13.8 Å². The molecule has 0 radical (unpaired) electrons. The Hall–Kier alpha value is -0.370. The minimum atomic E-state index is -0.144. The SMILES string of the molecule is CCCC(OCC)C(=O)CC. The largest absolute Gasteiger partial charge is 0.371 e. The van der Waals surface area contributed by atoms with Crippen LogP contribution in [0.1, 0.15) is 40.0 Å². The monoisotopic (exact) mass is 158 g/mol. The number of carbonyl (C=O) groups excluding carboxylic acids is 1. The highest BCUT2D eigenvalue weighted by Crippen LogP contribution is 2.05. The smallest absolute Gasteiger partial charge is 0.161 e. The highest BCUT2D eigenvalue weighted by Gasteiger charge is 2.14. The van der Waals surface area contributed by atoms with Crippen molar-refractivity contribution < 1.29 is 9.53 Å². The van der Waals surface area contributed by atoms with Crippen LogP contribution in [0, 0.1) is 0 Å². The maximum Gasteiger partial charge on any atom is 0.161 e. The Morgan fingerprint density at radius 3 is 2.36 bits per heavy atom. The molecule has 0 aliphatic heterocycles. The van der Waals surface area contributed by atoms with Gasteiger partial charge in [0.1, 0.15) is 6.10 Å². The van der Waals surface area contributed by atoms with Gasteiger partial charge in [0, 0.05) is 13.0 Å². The van der Waals surface area contributed by atoms with Crippen LogP contribution < -0.4 is 0 Å². The van der Waals surface area contributed by atoms with Gasteiger partial charge in [0.15, 0.2) is 5.78 Å². The predicted octanol–water partition coefficient (Wildman–Crippen LogP) is 2.17. The van der Waals surface area contributed by atoms with Gasteiger partial charge in [-0.25, -0.2) is 0 Å². The summed E-state index contributed by atoms with van der Waals surface area (Å²) in [7, 11) is 0. The van der Waals surface area contributed by atoms with Gasteiger partial charge in [-0.3, -0.25) is 4.79 Å². The van der Waals surface area contributed by atoms with Crippen molar-refractivity contribution >= 4 is 5.78 Å². The molecule has 0 fully saturated rings. The van der Waals surface area contributed by atoms with E-state index < -0.39 is 0 Å². The summed E-state index contributed by atoms with van der Waals surface area (Å²) in [5.74, 6) is 0.230. The molecular weight excluding hydrogens is 140 g/mol. The van der Waals surface area contributed by atoms with Gasteiger partial charge in [-0.15, -0.1) is 0 Å². The summed E-state index contributed by atoms with van der Waals surface area (Å²) in [4.78, 5) is 11.2. The summed E-state index contributed by atoms with van der Waals surface area (Å²) in [6.45, 7) is 6.50. The second-order valence-electron chi connectivity index (χ2n) is 2.55. The molecule has 66 valence electrons. The van der Waals surface area contributed by atoms with Crippen molar-refractivity contribution in [2.24, 2.45) is 0 Å². The molecule has 0 spiro atoms. The Labute approximate surface area is 68.9 Å². The molecule has 0 aliphatic carbocycles. The first-order valence-electron chi connectivity index (χ1n) is 4.40. The van der Waals surface area contributed by atoms with Crippen LogP contribution in [-0.2, 0) is 9.53 Å². The lowest BCUT2D eigenvalue weighted by Crippen LogP contribution is -2.23. The fourth-order valence-electron chi connectivity index (χ4n) is 1.03. The molecule has 1 atom stereocenters. The lowest BCUT2D eigenvalue weighted by atomic mass is 10.1. The summed E-state index contributed by atoms with van der Waals surface area (Å²) >= 11 is 0. The number of ether oxygens (including phenoxy) is 1. The van der Waals surface area contributed by atoms with Crippen molar-refractivity contribution in [2.75, 3.05) is 6.61 Å². The maximum atomic E-state index is 11.2. The third kappa shape index (κ3) is 4.14. The molecular formula is C9H18O2. The minimum absolute atomic E-state index is 0.144.